The maximum atomic E-state index is 13.3. The Kier molecular flexibility index (Phi) is 9.47. The Morgan fingerprint density at radius 1 is 1.00 bits per heavy atom. The van der Waals surface area contributed by atoms with Crippen molar-refractivity contribution < 1.29 is 9.59 Å². The zero-order valence-corrected chi connectivity index (χ0v) is 19.7. The van der Waals surface area contributed by atoms with E-state index in [4.69, 9.17) is 34.8 Å². The fourth-order valence-corrected chi connectivity index (χ4v) is 3.66. The van der Waals surface area contributed by atoms with Crippen molar-refractivity contribution >= 4 is 46.6 Å². The van der Waals surface area contributed by atoms with Crippen LogP contribution in [-0.4, -0.2) is 29.3 Å². The fourth-order valence-electron chi connectivity index (χ4n) is 3.06. The first kappa shape index (κ1) is 24.5. The van der Waals surface area contributed by atoms with Crippen LogP contribution in [0.25, 0.3) is 0 Å². The van der Waals surface area contributed by atoms with E-state index in [1.54, 1.807) is 35.2 Å². The maximum Gasteiger partial charge on any atom is 0.242 e. The average Bonchev–Trinajstić information content (AvgIpc) is 2.69. The Bertz CT molecular complexity index is 869. The first-order valence-corrected chi connectivity index (χ1v) is 11.1. The van der Waals surface area contributed by atoms with Gasteiger partial charge in [0.15, 0.2) is 0 Å². The highest BCUT2D eigenvalue weighted by Gasteiger charge is 2.29. The van der Waals surface area contributed by atoms with Gasteiger partial charge in [-0.15, -0.1) is 0 Å². The Morgan fingerprint density at radius 3 is 2.20 bits per heavy atom. The van der Waals surface area contributed by atoms with Gasteiger partial charge < -0.3 is 10.2 Å². The highest BCUT2D eigenvalue weighted by atomic mass is 35.5. The number of carbonyl (C=O) groups excluding carboxylic acids is 2. The van der Waals surface area contributed by atoms with Crippen molar-refractivity contribution in [3.63, 3.8) is 0 Å². The van der Waals surface area contributed by atoms with Crippen LogP contribution in [0.5, 0.6) is 0 Å². The van der Waals surface area contributed by atoms with Gasteiger partial charge >= 0.3 is 0 Å². The third kappa shape index (κ3) is 7.19. The Labute approximate surface area is 193 Å². The van der Waals surface area contributed by atoms with E-state index in [0.717, 1.165) is 5.56 Å². The highest BCUT2D eigenvalue weighted by molar-refractivity contribution is 6.35. The van der Waals surface area contributed by atoms with E-state index in [0.29, 0.717) is 46.1 Å². The van der Waals surface area contributed by atoms with Crippen molar-refractivity contribution in [3.05, 3.63) is 68.7 Å². The lowest BCUT2D eigenvalue weighted by Crippen LogP contribution is -2.50. The largest absolute Gasteiger partial charge is 0.354 e. The molecule has 0 saturated carbocycles. The summed E-state index contributed by atoms with van der Waals surface area (Å²) in [6, 6.07) is 11.7. The van der Waals surface area contributed by atoms with E-state index in [1.165, 1.54) is 0 Å². The molecule has 1 atom stereocenters. The number of benzene rings is 2. The molecule has 0 aliphatic heterocycles. The van der Waals surface area contributed by atoms with E-state index < -0.39 is 6.04 Å². The van der Waals surface area contributed by atoms with E-state index >= 15 is 0 Å². The SMILES string of the molecule is CC[C@H](C(=O)NCC(C)C)N(Cc1ccc(Cl)cc1)C(=O)Cc1ccc(Cl)cc1Cl. The second kappa shape index (κ2) is 11.6. The summed E-state index contributed by atoms with van der Waals surface area (Å²) >= 11 is 18.2. The second-order valence-electron chi connectivity index (χ2n) is 7.62. The van der Waals surface area contributed by atoms with Crippen LogP contribution in [0.4, 0.5) is 0 Å². The molecule has 2 aromatic rings. The molecule has 162 valence electrons. The number of amides is 2. The summed E-state index contributed by atoms with van der Waals surface area (Å²) in [5, 5.41) is 4.50. The van der Waals surface area contributed by atoms with Crippen molar-refractivity contribution in [2.45, 2.75) is 46.2 Å². The van der Waals surface area contributed by atoms with Gasteiger partial charge in [-0.2, -0.15) is 0 Å². The van der Waals surface area contributed by atoms with Gasteiger partial charge in [-0.25, -0.2) is 0 Å². The Balaban J connectivity index is 2.29. The van der Waals surface area contributed by atoms with Crippen molar-refractivity contribution in [1.29, 1.82) is 0 Å². The zero-order chi connectivity index (χ0) is 22.3. The second-order valence-corrected chi connectivity index (χ2v) is 8.90. The van der Waals surface area contributed by atoms with E-state index in [1.807, 2.05) is 32.9 Å². The van der Waals surface area contributed by atoms with Crippen molar-refractivity contribution in [2.24, 2.45) is 5.92 Å². The molecular formula is C23H27Cl3N2O2. The van der Waals surface area contributed by atoms with Gasteiger partial charge in [0.1, 0.15) is 6.04 Å². The quantitative estimate of drug-likeness (QED) is 0.507. The van der Waals surface area contributed by atoms with Crippen molar-refractivity contribution in [1.82, 2.24) is 10.2 Å². The molecule has 1 N–H and O–H groups in total. The molecule has 2 aromatic carbocycles. The molecule has 7 heteroatoms. The summed E-state index contributed by atoms with van der Waals surface area (Å²) in [5.41, 5.74) is 1.56. The van der Waals surface area contributed by atoms with Gasteiger partial charge in [0.05, 0.1) is 6.42 Å². The molecule has 0 heterocycles. The number of nitrogens with zero attached hydrogens (tertiary/aromatic N) is 1. The molecule has 0 fully saturated rings. The molecule has 0 aliphatic rings. The van der Waals surface area contributed by atoms with Gasteiger partial charge in [0, 0.05) is 28.2 Å². The lowest BCUT2D eigenvalue weighted by Gasteiger charge is -2.31. The van der Waals surface area contributed by atoms with Crippen molar-refractivity contribution in [2.75, 3.05) is 6.54 Å². The number of hydrogen-bond acceptors (Lipinski definition) is 2. The number of halogens is 3. The van der Waals surface area contributed by atoms with E-state index in [2.05, 4.69) is 5.32 Å². The summed E-state index contributed by atoms with van der Waals surface area (Å²) in [7, 11) is 0. The van der Waals surface area contributed by atoms with Gasteiger partial charge in [-0.1, -0.05) is 73.8 Å². The third-order valence-electron chi connectivity index (χ3n) is 4.69. The predicted molar refractivity (Wildman–Crippen MR) is 124 cm³/mol. The van der Waals surface area contributed by atoms with Crippen LogP contribution in [0.2, 0.25) is 15.1 Å². The standard InChI is InChI=1S/C23H27Cl3N2O2/c1-4-21(23(30)27-13-15(2)3)28(14-16-5-8-18(24)9-6-16)22(29)11-17-7-10-19(25)12-20(17)26/h5-10,12,15,21H,4,11,13-14H2,1-3H3,(H,27,30)/t21-/m1/s1. The van der Waals surface area contributed by atoms with Crippen LogP contribution in [0.3, 0.4) is 0 Å². The molecule has 0 bridgehead atoms. The highest BCUT2D eigenvalue weighted by Crippen LogP contribution is 2.23. The molecule has 2 amide bonds. The van der Waals surface area contributed by atoms with E-state index in [-0.39, 0.29) is 18.2 Å². The summed E-state index contributed by atoms with van der Waals surface area (Å²) in [6.07, 6.45) is 0.579. The monoisotopic (exact) mass is 468 g/mol. The number of nitrogens with one attached hydrogen (secondary N) is 1. The van der Waals surface area contributed by atoms with E-state index in [9.17, 15) is 9.59 Å². The molecule has 2 rings (SSSR count). The Hall–Kier alpha value is -1.75. The van der Waals surface area contributed by atoms with Gasteiger partial charge in [0.2, 0.25) is 11.8 Å². The van der Waals surface area contributed by atoms with Crippen molar-refractivity contribution in [3.8, 4) is 0 Å². The third-order valence-corrected chi connectivity index (χ3v) is 5.53. The predicted octanol–water partition coefficient (Wildman–Crippen LogP) is 5.77. The number of rotatable bonds is 9. The number of carbonyl (C=O) groups is 2. The first-order valence-electron chi connectivity index (χ1n) is 9.96. The van der Waals surface area contributed by atoms with Crippen LogP contribution >= 0.6 is 34.8 Å². The minimum Gasteiger partial charge on any atom is -0.354 e. The minimum atomic E-state index is -0.585. The maximum absolute atomic E-state index is 13.3. The Morgan fingerprint density at radius 2 is 1.63 bits per heavy atom. The summed E-state index contributed by atoms with van der Waals surface area (Å²) in [4.78, 5) is 27.8. The molecule has 0 unspecified atom stereocenters. The van der Waals surface area contributed by atoms with Crippen LogP contribution in [-0.2, 0) is 22.6 Å². The lowest BCUT2D eigenvalue weighted by molar-refractivity contribution is -0.141. The smallest absolute Gasteiger partial charge is 0.242 e. The molecule has 4 nitrogen and oxygen atoms in total. The van der Waals surface area contributed by atoms with Gasteiger partial charge in [0.25, 0.3) is 0 Å². The molecule has 0 aliphatic carbocycles. The molecular weight excluding hydrogens is 443 g/mol. The minimum absolute atomic E-state index is 0.0809. The van der Waals surface area contributed by atoms with Crippen LogP contribution < -0.4 is 5.32 Å². The zero-order valence-electron chi connectivity index (χ0n) is 17.4. The molecule has 30 heavy (non-hydrogen) atoms. The summed E-state index contributed by atoms with van der Waals surface area (Å²) in [6.45, 7) is 6.81. The molecule has 0 spiro atoms. The molecule has 0 saturated heterocycles. The number of hydrogen-bond donors (Lipinski definition) is 1. The summed E-state index contributed by atoms with van der Waals surface area (Å²) < 4.78 is 0. The first-order chi connectivity index (χ1) is 14.2. The van der Waals surface area contributed by atoms with Gasteiger partial charge in [-0.05, 0) is 47.7 Å². The van der Waals surface area contributed by atoms with Gasteiger partial charge in [-0.3, -0.25) is 9.59 Å². The topological polar surface area (TPSA) is 49.4 Å². The van der Waals surface area contributed by atoms with Crippen LogP contribution in [0, 0.1) is 5.92 Å². The summed E-state index contributed by atoms with van der Waals surface area (Å²) in [5.74, 6) is -0.0174. The normalized spacial score (nSPS) is 12.0. The fraction of sp³-hybridized carbons (Fsp3) is 0.391. The average molecular weight is 470 g/mol. The van der Waals surface area contributed by atoms with Crippen LogP contribution in [0.1, 0.15) is 38.3 Å². The molecule has 0 aromatic heterocycles. The molecule has 0 radical (unpaired) electrons. The van der Waals surface area contributed by atoms with Crippen LogP contribution in [0.15, 0.2) is 42.5 Å². The lowest BCUT2D eigenvalue weighted by atomic mass is 10.1.